The minimum atomic E-state index is -0.527. The van der Waals surface area contributed by atoms with Gasteiger partial charge in [0.2, 0.25) is 0 Å². The van der Waals surface area contributed by atoms with Crippen molar-refractivity contribution in [2.75, 3.05) is 0 Å². The second-order valence-corrected chi connectivity index (χ2v) is 9.70. The number of aromatic nitrogens is 2. The molecule has 0 N–H and O–H groups in total. The van der Waals surface area contributed by atoms with Crippen LogP contribution in [0, 0.1) is 24.1 Å². The van der Waals surface area contributed by atoms with Gasteiger partial charge in [0.05, 0.1) is 22.4 Å². The molecule has 5 rings (SSSR count). The highest BCUT2D eigenvalue weighted by atomic mass is 32.1. The van der Waals surface area contributed by atoms with E-state index in [2.05, 4.69) is 6.07 Å². The second-order valence-electron chi connectivity index (χ2n) is 8.79. The van der Waals surface area contributed by atoms with Gasteiger partial charge in [0.1, 0.15) is 18.5 Å². The average Bonchev–Trinajstić information content (AvgIpc) is 3.41. The van der Waals surface area contributed by atoms with E-state index in [-0.39, 0.29) is 17.9 Å². The molecule has 2 heterocycles. The van der Waals surface area contributed by atoms with E-state index in [1.165, 1.54) is 17.4 Å². The van der Waals surface area contributed by atoms with E-state index in [0.717, 1.165) is 11.1 Å². The van der Waals surface area contributed by atoms with Crippen LogP contribution in [0.3, 0.4) is 0 Å². The SMILES string of the molecule is Cc1nc(-c2cccc(F)c2OCc2ccccc2)n(CCc2ccccc2)c(=O)c1-c1cc(C#N)cs1. The summed E-state index contributed by atoms with van der Waals surface area (Å²) in [6.07, 6.45) is 0.585. The molecule has 5 nitrogen and oxygen atoms in total. The van der Waals surface area contributed by atoms with Gasteiger partial charge < -0.3 is 4.74 Å². The lowest BCUT2D eigenvalue weighted by molar-refractivity contribution is 0.291. The summed E-state index contributed by atoms with van der Waals surface area (Å²) in [7, 11) is 0. The molecule has 0 amide bonds. The predicted octanol–water partition coefficient (Wildman–Crippen LogP) is 6.78. The molecule has 0 fully saturated rings. The van der Waals surface area contributed by atoms with E-state index in [4.69, 9.17) is 9.72 Å². The monoisotopic (exact) mass is 521 g/mol. The zero-order chi connectivity index (χ0) is 26.5. The van der Waals surface area contributed by atoms with Crippen LogP contribution in [0.4, 0.5) is 4.39 Å². The summed E-state index contributed by atoms with van der Waals surface area (Å²) < 4.78 is 22.7. The normalized spacial score (nSPS) is 10.8. The standard InChI is InChI=1S/C31H24FN3O2S/c1-21-28(27-17-24(18-33)20-38-27)31(36)35(16-15-22-9-4-2-5-10-22)30(34-21)25-13-8-14-26(32)29(25)37-19-23-11-6-3-7-12-23/h2-14,17,20H,15-16,19H2,1H3. The van der Waals surface area contributed by atoms with E-state index < -0.39 is 5.82 Å². The summed E-state index contributed by atoms with van der Waals surface area (Å²) in [4.78, 5) is 19.5. The topological polar surface area (TPSA) is 67.9 Å². The van der Waals surface area contributed by atoms with Crippen molar-refractivity contribution >= 4 is 11.3 Å². The van der Waals surface area contributed by atoms with Crippen LogP contribution >= 0.6 is 11.3 Å². The number of ether oxygens (including phenoxy) is 1. The highest BCUT2D eigenvalue weighted by Gasteiger charge is 2.22. The van der Waals surface area contributed by atoms with Gasteiger partial charge in [0.25, 0.3) is 5.56 Å². The Bertz CT molecular complexity index is 1670. The first kappa shape index (κ1) is 25.1. The van der Waals surface area contributed by atoms with Gasteiger partial charge in [-0.05, 0) is 42.7 Å². The van der Waals surface area contributed by atoms with Crippen LogP contribution in [0.2, 0.25) is 0 Å². The lowest BCUT2D eigenvalue weighted by Gasteiger charge is -2.18. The van der Waals surface area contributed by atoms with Crippen LogP contribution in [0.1, 0.15) is 22.4 Å². The zero-order valence-corrected chi connectivity index (χ0v) is 21.5. The van der Waals surface area contributed by atoms with E-state index in [9.17, 15) is 10.1 Å². The first-order valence-electron chi connectivity index (χ1n) is 12.1. The molecule has 0 unspecified atom stereocenters. The molecule has 0 radical (unpaired) electrons. The lowest BCUT2D eigenvalue weighted by Crippen LogP contribution is -2.27. The predicted molar refractivity (Wildman–Crippen MR) is 148 cm³/mol. The molecular formula is C31H24FN3O2S. The number of nitriles is 1. The van der Waals surface area contributed by atoms with Gasteiger partial charge in [0, 0.05) is 16.8 Å². The van der Waals surface area contributed by atoms with Gasteiger partial charge in [-0.3, -0.25) is 9.36 Å². The van der Waals surface area contributed by atoms with Gasteiger partial charge in [-0.25, -0.2) is 9.37 Å². The summed E-state index contributed by atoms with van der Waals surface area (Å²) >= 11 is 1.33. The van der Waals surface area contributed by atoms with Crippen molar-refractivity contribution in [1.29, 1.82) is 5.26 Å². The molecule has 0 bridgehead atoms. The van der Waals surface area contributed by atoms with Gasteiger partial charge in [0.15, 0.2) is 11.6 Å². The van der Waals surface area contributed by atoms with Gasteiger partial charge >= 0.3 is 0 Å². The molecule has 0 saturated carbocycles. The molecule has 38 heavy (non-hydrogen) atoms. The summed E-state index contributed by atoms with van der Waals surface area (Å²) in [5, 5.41) is 11.0. The number of hydrogen-bond acceptors (Lipinski definition) is 5. The number of para-hydroxylation sites is 1. The molecule has 0 spiro atoms. The largest absolute Gasteiger partial charge is 0.485 e. The molecule has 188 valence electrons. The summed E-state index contributed by atoms with van der Waals surface area (Å²) in [5.74, 6) is -0.139. The van der Waals surface area contributed by atoms with Crippen LogP contribution in [0.15, 0.2) is 95.1 Å². The number of nitrogens with zero attached hydrogens (tertiary/aromatic N) is 3. The van der Waals surface area contributed by atoms with Crippen LogP contribution in [0.5, 0.6) is 5.75 Å². The van der Waals surface area contributed by atoms with Crippen LogP contribution in [-0.4, -0.2) is 9.55 Å². The zero-order valence-electron chi connectivity index (χ0n) is 20.7. The van der Waals surface area contributed by atoms with Crippen molar-refractivity contribution < 1.29 is 9.13 Å². The van der Waals surface area contributed by atoms with E-state index in [1.54, 1.807) is 35.1 Å². The fraction of sp³-hybridized carbons (Fsp3) is 0.129. The maximum atomic E-state index is 15.1. The highest BCUT2D eigenvalue weighted by Crippen LogP contribution is 2.34. The molecular weight excluding hydrogens is 497 g/mol. The van der Waals surface area contributed by atoms with Gasteiger partial charge in [-0.1, -0.05) is 66.7 Å². The van der Waals surface area contributed by atoms with Crippen molar-refractivity contribution in [2.45, 2.75) is 26.5 Å². The van der Waals surface area contributed by atoms with Crippen molar-refractivity contribution in [2.24, 2.45) is 0 Å². The number of aryl methyl sites for hydroxylation is 2. The minimum absolute atomic E-state index is 0.0479. The smallest absolute Gasteiger partial charge is 0.262 e. The molecule has 5 aromatic rings. The molecule has 7 heteroatoms. The Hall–Kier alpha value is -4.54. The molecule has 0 saturated heterocycles. The average molecular weight is 522 g/mol. The molecule has 0 atom stereocenters. The minimum Gasteiger partial charge on any atom is -0.485 e. The number of thiophene rings is 1. The third-order valence-electron chi connectivity index (χ3n) is 6.23. The van der Waals surface area contributed by atoms with E-state index in [1.807, 2.05) is 60.7 Å². The summed E-state index contributed by atoms with van der Waals surface area (Å²) in [6, 6.07) is 27.8. The first-order chi connectivity index (χ1) is 18.5. The van der Waals surface area contributed by atoms with Crippen molar-refractivity contribution in [3.8, 4) is 33.6 Å². The number of rotatable bonds is 8. The van der Waals surface area contributed by atoms with Crippen LogP contribution < -0.4 is 10.3 Å². The van der Waals surface area contributed by atoms with Gasteiger partial charge in [-0.15, -0.1) is 11.3 Å². The molecule has 2 aromatic heterocycles. The number of halogens is 1. The van der Waals surface area contributed by atoms with E-state index >= 15 is 4.39 Å². The third-order valence-corrected chi connectivity index (χ3v) is 7.17. The Morgan fingerprint density at radius 3 is 2.39 bits per heavy atom. The summed E-state index contributed by atoms with van der Waals surface area (Å²) in [6.45, 7) is 2.27. The quantitative estimate of drug-likeness (QED) is 0.226. The Balaban J connectivity index is 1.63. The van der Waals surface area contributed by atoms with Crippen molar-refractivity contribution in [3.05, 3.63) is 129 Å². The molecule has 0 aliphatic carbocycles. The van der Waals surface area contributed by atoms with Crippen LogP contribution in [0.25, 0.3) is 21.8 Å². The maximum absolute atomic E-state index is 15.1. The third kappa shape index (κ3) is 5.26. The fourth-order valence-electron chi connectivity index (χ4n) is 4.33. The molecule has 3 aromatic carbocycles. The molecule has 0 aliphatic heterocycles. The van der Waals surface area contributed by atoms with Crippen LogP contribution in [-0.2, 0) is 19.6 Å². The fourth-order valence-corrected chi connectivity index (χ4v) is 5.25. The molecule has 0 aliphatic rings. The van der Waals surface area contributed by atoms with Gasteiger partial charge in [-0.2, -0.15) is 5.26 Å². The Labute approximate surface area is 224 Å². The highest BCUT2D eigenvalue weighted by molar-refractivity contribution is 7.13. The Morgan fingerprint density at radius 2 is 1.71 bits per heavy atom. The lowest BCUT2D eigenvalue weighted by atomic mass is 10.1. The maximum Gasteiger partial charge on any atom is 0.262 e. The Morgan fingerprint density at radius 1 is 1.00 bits per heavy atom. The number of benzene rings is 3. The van der Waals surface area contributed by atoms with E-state index in [0.29, 0.717) is 46.1 Å². The summed E-state index contributed by atoms with van der Waals surface area (Å²) in [5.41, 5.74) is 3.56. The van der Waals surface area contributed by atoms with Crippen molar-refractivity contribution in [1.82, 2.24) is 9.55 Å². The number of hydrogen-bond donors (Lipinski definition) is 0. The first-order valence-corrected chi connectivity index (χ1v) is 13.0. The van der Waals surface area contributed by atoms with Crippen molar-refractivity contribution in [3.63, 3.8) is 0 Å². The second kappa shape index (κ2) is 11.2. The Kier molecular flexibility index (Phi) is 7.43.